The highest BCUT2D eigenvalue weighted by atomic mass is 19.4. The first-order valence-corrected chi connectivity index (χ1v) is 10.9. The second kappa shape index (κ2) is 8.64. The van der Waals surface area contributed by atoms with Crippen molar-refractivity contribution in [2.45, 2.75) is 32.5 Å². The molecule has 2 heterocycles. The molecule has 2 aromatic carbocycles. The summed E-state index contributed by atoms with van der Waals surface area (Å²) in [5.41, 5.74) is 1.02. The van der Waals surface area contributed by atoms with Gasteiger partial charge in [0.1, 0.15) is 5.82 Å². The van der Waals surface area contributed by atoms with Crippen LogP contribution in [0.5, 0.6) is 0 Å². The van der Waals surface area contributed by atoms with Gasteiger partial charge in [-0.25, -0.2) is 4.39 Å². The van der Waals surface area contributed by atoms with Gasteiger partial charge < -0.3 is 15.1 Å². The van der Waals surface area contributed by atoms with Crippen molar-refractivity contribution in [1.82, 2.24) is 5.32 Å². The van der Waals surface area contributed by atoms with E-state index in [9.17, 15) is 22.4 Å². The molecule has 0 radical (unpaired) electrons. The minimum Gasteiger partial charge on any atom is -0.365 e. The van der Waals surface area contributed by atoms with E-state index in [0.29, 0.717) is 37.4 Å². The fraction of sp³-hybridized carbons (Fsp3) is 0.458. The third-order valence-electron chi connectivity index (χ3n) is 6.25. The van der Waals surface area contributed by atoms with E-state index >= 15 is 0 Å². The SMILES string of the molecule is CC(C)CNC(=O)[C@H]1Cc2cc(C(F)(F)F)ccc2N2CCN(c3ccccc3F)C[C@H]12. The lowest BCUT2D eigenvalue weighted by atomic mass is 9.82. The summed E-state index contributed by atoms with van der Waals surface area (Å²) in [4.78, 5) is 17.1. The lowest BCUT2D eigenvalue weighted by molar-refractivity contribution is -0.137. The van der Waals surface area contributed by atoms with Gasteiger partial charge in [-0.05, 0) is 48.2 Å². The number of carbonyl (C=O) groups is 1. The van der Waals surface area contributed by atoms with E-state index in [0.717, 1.165) is 17.8 Å². The van der Waals surface area contributed by atoms with Crippen LogP contribution in [0.25, 0.3) is 0 Å². The second-order valence-corrected chi connectivity index (χ2v) is 8.95. The molecule has 1 amide bonds. The van der Waals surface area contributed by atoms with E-state index in [1.54, 1.807) is 18.2 Å². The lowest BCUT2D eigenvalue weighted by Crippen LogP contribution is -2.61. The van der Waals surface area contributed by atoms with Crippen LogP contribution in [0.3, 0.4) is 0 Å². The quantitative estimate of drug-likeness (QED) is 0.699. The highest BCUT2D eigenvalue weighted by Crippen LogP contribution is 2.40. The molecular formula is C24H27F4N3O. The number of fused-ring (bicyclic) bond motifs is 3. The van der Waals surface area contributed by atoms with Gasteiger partial charge in [-0.2, -0.15) is 13.2 Å². The van der Waals surface area contributed by atoms with Gasteiger partial charge >= 0.3 is 6.18 Å². The van der Waals surface area contributed by atoms with Crippen molar-refractivity contribution in [2.75, 3.05) is 36.0 Å². The number of hydrogen-bond donors (Lipinski definition) is 1. The number of carbonyl (C=O) groups excluding carboxylic acids is 1. The van der Waals surface area contributed by atoms with Crippen molar-refractivity contribution >= 4 is 17.3 Å². The van der Waals surface area contributed by atoms with Crippen LogP contribution >= 0.6 is 0 Å². The largest absolute Gasteiger partial charge is 0.416 e. The highest BCUT2D eigenvalue weighted by Gasteiger charge is 2.43. The molecular weight excluding hydrogens is 422 g/mol. The molecule has 0 aromatic heterocycles. The molecule has 2 atom stereocenters. The third-order valence-corrected chi connectivity index (χ3v) is 6.25. The predicted molar refractivity (Wildman–Crippen MR) is 116 cm³/mol. The summed E-state index contributed by atoms with van der Waals surface area (Å²) in [5.74, 6) is -0.775. The van der Waals surface area contributed by atoms with Gasteiger partial charge in [0.15, 0.2) is 0 Å². The summed E-state index contributed by atoms with van der Waals surface area (Å²) in [5, 5.41) is 2.95. The first-order valence-electron chi connectivity index (χ1n) is 10.9. The summed E-state index contributed by atoms with van der Waals surface area (Å²) in [6, 6.07) is 10.0. The molecule has 2 aliphatic rings. The standard InChI is InChI=1S/C24H27F4N3O/c1-15(2)13-29-23(32)18-12-16-11-17(24(26,27)28)7-8-20(16)31-10-9-30(14-22(18)31)21-6-4-3-5-19(21)25/h3-8,11,15,18,22H,9-10,12-14H2,1-2H3,(H,29,32)/t18-,22+/m0/s1. The van der Waals surface area contributed by atoms with Gasteiger partial charge in [-0.15, -0.1) is 0 Å². The Bertz CT molecular complexity index is 991. The molecule has 0 aliphatic carbocycles. The number of amides is 1. The Balaban J connectivity index is 1.68. The predicted octanol–water partition coefficient (Wildman–Crippen LogP) is 4.48. The van der Waals surface area contributed by atoms with E-state index in [-0.39, 0.29) is 30.1 Å². The zero-order valence-electron chi connectivity index (χ0n) is 18.1. The number of hydrogen-bond acceptors (Lipinski definition) is 3. The number of anilines is 2. The minimum atomic E-state index is -4.44. The monoisotopic (exact) mass is 449 g/mol. The molecule has 1 N–H and O–H groups in total. The van der Waals surface area contributed by atoms with Gasteiger partial charge in [0, 0.05) is 31.9 Å². The number of piperazine rings is 1. The molecule has 0 unspecified atom stereocenters. The molecule has 4 rings (SSSR count). The summed E-state index contributed by atoms with van der Waals surface area (Å²) in [6.07, 6.45) is -4.22. The molecule has 0 spiro atoms. The summed E-state index contributed by atoms with van der Waals surface area (Å²) < 4.78 is 54.3. The van der Waals surface area contributed by atoms with Crippen molar-refractivity contribution in [3.05, 3.63) is 59.4 Å². The van der Waals surface area contributed by atoms with E-state index in [1.807, 2.05) is 23.6 Å². The fourth-order valence-electron chi connectivity index (χ4n) is 4.66. The van der Waals surface area contributed by atoms with Crippen molar-refractivity contribution < 1.29 is 22.4 Å². The van der Waals surface area contributed by atoms with Gasteiger partial charge in [-0.3, -0.25) is 4.79 Å². The number of alkyl halides is 3. The summed E-state index contributed by atoms with van der Waals surface area (Å²) in [7, 11) is 0. The van der Waals surface area contributed by atoms with Crippen LogP contribution in [0, 0.1) is 17.7 Å². The number of rotatable bonds is 4. The average Bonchev–Trinajstić information content (AvgIpc) is 2.75. The molecule has 172 valence electrons. The van der Waals surface area contributed by atoms with Crippen LogP contribution < -0.4 is 15.1 Å². The molecule has 1 saturated heterocycles. The zero-order chi connectivity index (χ0) is 23.0. The Hall–Kier alpha value is -2.77. The molecule has 32 heavy (non-hydrogen) atoms. The van der Waals surface area contributed by atoms with E-state index in [2.05, 4.69) is 5.32 Å². The Morgan fingerprint density at radius 1 is 1.12 bits per heavy atom. The average molecular weight is 449 g/mol. The van der Waals surface area contributed by atoms with Crippen LogP contribution in [0.2, 0.25) is 0 Å². The molecule has 0 bridgehead atoms. The van der Waals surface area contributed by atoms with Crippen LogP contribution in [-0.2, 0) is 17.4 Å². The van der Waals surface area contributed by atoms with E-state index < -0.39 is 17.7 Å². The molecule has 0 saturated carbocycles. The molecule has 2 aliphatic heterocycles. The maximum atomic E-state index is 14.4. The Labute approximate surface area is 185 Å². The van der Waals surface area contributed by atoms with Crippen LogP contribution in [0.1, 0.15) is 25.0 Å². The maximum absolute atomic E-state index is 14.4. The fourth-order valence-corrected chi connectivity index (χ4v) is 4.66. The number of halogens is 4. The maximum Gasteiger partial charge on any atom is 0.416 e. The topological polar surface area (TPSA) is 35.6 Å². The molecule has 4 nitrogen and oxygen atoms in total. The van der Waals surface area contributed by atoms with Crippen LogP contribution in [-0.4, -0.2) is 38.1 Å². The van der Waals surface area contributed by atoms with Gasteiger partial charge in [0.2, 0.25) is 5.91 Å². The normalized spacial score (nSPS) is 20.7. The van der Waals surface area contributed by atoms with Crippen molar-refractivity contribution in [3.8, 4) is 0 Å². The third kappa shape index (κ3) is 4.40. The number of para-hydroxylation sites is 1. The van der Waals surface area contributed by atoms with E-state index in [4.69, 9.17) is 0 Å². The highest BCUT2D eigenvalue weighted by molar-refractivity contribution is 5.82. The van der Waals surface area contributed by atoms with Gasteiger partial charge in [0.25, 0.3) is 0 Å². The Kier molecular flexibility index (Phi) is 6.05. The van der Waals surface area contributed by atoms with E-state index in [1.165, 1.54) is 12.1 Å². The summed E-state index contributed by atoms with van der Waals surface area (Å²) in [6.45, 7) is 5.89. The summed E-state index contributed by atoms with van der Waals surface area (Å²) >= 11 is 0. The van der Waals surface area contributed by atoms with Crippen molar-refractivity contribution in [1.29, 1.82) is 0 Å². The van der Waals surface area contributed by atoms with Crippen LogP contribution in [0.4, 0.5) is 28.9 Å². The number of nitrogens with zero attached hydrogens (tertiary/aromatic N) is 2. The van der Waals surface area contributed by atoms with Gasteiger partial charge in [-0.1, -0.05) is 26.0 Å². The molecule has 1 fully saturated rings. The Morgan fingerprint density at radius 2 is 1.88 bits per heavy atom. The first-order chi connectivity index (χ1) is 15.1. The second-order valence-electron chi connectivity index (χ2n) is 8.95. The molecule has 2 aromatic rings. The minimum absolute atomic E-state index is 0.174. The Morgan fingerprint density at radius 3 is 2.56 bits per heavy atom. The number of nitrogens with one attached hydrogen (secondary N) is 1. The number of benzene rings is 2. The smallest absolute Gasteiger partial charge is 0.365 e. The first kappa shape index (κ1) is 22.4. The van der Waals surface area contributed by atoms with Crippen molar-refractivity contribution in [2.24, 2.45) is 11.8 Å². The zero-order valence-corrected chi connectivity index (χ0v) is 18.1. The van der Waals surface area contributed by atoms with Crippen molar-refractivity contribution in [3.63, 3.8) is 0 Å². The lowest BCUT2D eigenvalue weighted by Gasteiger charge is -2.49. The van der Waals surface area contributed by atoms with Gasteiger partial charge in [0.05, 0.1) is 23.2 Å². The molecule has 8 heteroatoms. The van der Waals surface area contributed by atoms with Crippen LogP contribution in [0.15, 0.2) is 42.5 Å².